The summed E-state index contributed by atoms with van der Waals surface area (Å²) in [6, 6.07) is 7.62. The summed E-state index contributed by atoms with van der Waals surface area (Å²) in [6.45, 7) is 9.84. The molecule has 0 aromatic heterocycles. The maximum absolute atomic E-state index is 11.8. The van der Waals surface area contributed by atoms with E-state index in [0.29, 0.717) is 12.3 Å². The average Bonchev–Trinajstić information content (AvgIpc) is 2.27. The predicted molar refractivity (Wildman–Crippen MR) is 78.1 cm³/mol. The van der Waals surface area contributed by atoms with Crippen molar-refractivity contribution in [2.24, 2.45) is 5.73 Å². The number of rotatable bonds is 4. The minimum absolute atomic E-state index is 0.347. The molecule has 1 atom stereocenters. The van der Waals surface area contributed by atoms with Crippen LogP contribution in [0.5, 0.6) is 0 Å². The zero-order chi connectivity index (χ0) is 14.6. The monoisotopic (exact) mass is 263 g/mol. The minimum Gasteiger partial charge on any atom is -0.459 e. The lowest BCUT2D eigenvalue weighted by atomic mass is 9.99. The van der Waals surface area contributed by atoms with Crippen LogP contribution in [0.25, 0.3) is 0 Å². The quantitative estimate of drug-likeness (QED) is 0.850. The first-order valence-electron chi connectivity index (χ1n) is 6.76. The molecule has 0 heterocycles. The van der Waals surface area contributed by atoms with E-state index in [1.54, 1.807) is 0 Å². The molecule has 1 aromatic rings. The minimum atomic E-state index is -0.607. The van der Waals surface area contributed by atoms with Crippen LogP contribution in [0.3, 0.4) is 0 Å². The van der Waals surface area contributed by atoms with Crippen molar-refractivity contribution in [2.45, 2.75) is 58.6 Å². The van der Waals surface area contributed by atoms with Gasteiger partial charge in [-0.05, 0) is 44.2 Å². The molecule has 1 rings (SSSR count). The van der Waals surface area contributed by atoms with E-state index in [4.69, 9.17) is 10.5 Å². The first-order valence-corrected chi connectivity index (χ1v) is 6.76. The molecule has 3 heteroatoms. The van der Waals surface area contributed by atoms with Crippen LogP contribution in [0.4, 0.5) is 0 Å². The Labute approximate surface area is 116 Å². The molecule has 19 heavy (non-hydrogen) atoms. The molecule has 0 saturated heterocycles. The summed E-state index contributed by atoms with van der Waals surface area (Å²) in [6.07, 6.45) is 0.507. The zero-order valence-corrected chi connectivity index (χ0v) is 12.6. The summed E-state index contributed by atoms with van der Waals surface area (Å²) in [5, 5.41) is 0. The van der Waals surface area contributed by atoms with Gasteiger partial charge in [0.15, 0.2) is 0 Å². The number of hydrogen-bond donors (Lipinski definition) is 1. The molecule has 3 nitrogen and oxygen atoms in total. The molecule has 106 valence electrons. The molecule has 0 aliphatic rings. The maximum atomic E-state index is 11.8. The van der Waals surface area contributed by atoms with Gasteiger partial charge in [-0.2, -0.15) is 0 Å². The molecule has 1 unspecified atom stereocenters. The zero-order valence-electron chi connectivity index (χ0n) is 12.6. The lowest BCUT2D eigenvalue weighted by Gasteiger charge is -2.22. The van der Waals surface area contributed by atoms with Crippen LogP contribution in [-0.2, 0) is 16.0 Å². The standard InChI is InChI=1S/C16H25NO2/c1-11(2)13-8-6-12(7-9-13)10-14(17)15(18)19-16(3,4)5/h6-9,11,14H,10,17H2,1-5H3. The van der Waals surface area contributed by atoms with E-state index in [2.05, 4.69) is 26.0 Å². The highest BCUT2D eigenvalue weighted by Crippen LogP contribution is 2.16. The summed E-state index contributed by atoms with van der Waals surface area (Å²) in [5.74, 6) is 0.161. The third-order valence-electron chi connectivity index (χ3n) is 2.81. The normalized spacial score (nSPS) is 13.4. The van der Waals surface area contributed by atoms with Gasteiger partial charge in [-0.3, -0.25) is 4.79 Å². The van der Waals surface area contributed by atoms with Crippen LogP contribution in [-0.4, -0.2) is 17.6 Å². The summed E-state index contributed by atoms with van der Waals surface area (Å²) in [4.78, 5) is 11.8. The largest absolute Gasteiger partial charge is 0.459 e. The van der Waals surface area contributed by atoms with Gasteiger partial charge in [-0.25, -0.2) is 0 Å². The second kappa shape index (κ2) is 6.20. The van der Waals surface area contributed by atoms with Gasteiger partial charge in [-0.15, -0.1) is 0 Å². The lowest BCUT2D eigenvalue weighted by molar-refractivity contribution is -0.156. The number of hydrogen-bond acceptors (Lipinski definition) is 3. The molecule has 1 aromatic carbocycles. The van der Waals surface area contributed by atoms with Crippen molar-refractivity contribution in [1.29, 1.82) is 0 Å². The summed E-state index contributed by atoms with van der Waals surface area (Å²) >= 11 is 0. The number of esters is 1. The van der Waals surface area contributed by atoms with Crippen LogP contribution in [0.2, 0.25) is 0 Å². The molecule has 0 aliphatic carbocycles. The summed E-state index contributed by atoms with van der Waals surface area (Å²) in [5.41, 5.74) is 7.73. The van der Waals surface area contributed by atoms with E-state index >= 15 is 0 Å². The number of nitrogens with two attached hydrogens (primary N) is 1. The molecular weight excluding hydrogens is 238 g/mol. The van der Waals surface area contributed by atoms with Crippen LogP contribution >= 0.6 is 0 Å². The molecule has 2 N–H and O–H groups in total. The van der Waals surface area contributed by atoms with Crippen molar-refractivity contribution < 1.29 is 9.53 Å². The number of ether oxygens (including phenoxy) is 1. The molecular formula is C16H25NO2. The topological polar surface area (TPSA) is 52.3 Å². The smallest absolute Gasteiger partial charge is 0.323 e. The Kier molecular flexibility index (Phi) is 5.12. The Balaban J connectivity index is 2.61. The van der Waals surface area contributed by atoms with Gasteiger partial charge in [-0.1, -0.05) is 38.1 Å². The van der Waals surface area contributed by atoms with E-state index in [-0.39, 0.29) is 5.97 Å². The summed E-state index contributed by atoms with van der Waals surface area (Å²) < 4.78 is 5.27. The van der Waals surface area contributed by atoms with Crippen LogP contribution in [0.15, 0.2) is 24.3 Å². The lowest BCUT2D eigenvalue weighted by Crippen LogP contribution is -2.38. The highest BCUT2D eigenvalue weighted by atomic mass is 16.6. The highest BCUT2D eigenvalue weighted by molar-refractivity contribution is 5.76. The van der Waals surface area contributed by atoms with Gasteiger partial charge in [0.2, 0.25) is 0 Å². The number of carbonyl (C=O) groups is 1. The molecule has 0 aliphatic heterocycles. The van der Waals surface area contributed by atoms with Crippen molar-refractivity contribution in [3.8, 4) is 0 Å². The van der Waals surface area contributed by atoms with Gasteiger partial charge in [0.1, 0.15) is 11.6 Å². The van der Waals surface area contributed by atoms with E-state index < -0.39 is 11.6 Å². The first-order chi connectivity index (χ1) is 8.69. The Hall–Kier alpha value is -1.35. The fourth-order valence-electron chi connectivity index (χ4n) is 1.75. The SMILES string of the molecule is CC(C)c1ccc(CC(N)C(=O)OC(C)(C)C)cc1. The van der Waals surface area contributed by atoms with Crippen molar-refractivity contribution in [3.05, 3.63) is 35.4 Å². The van der Waals surface area contributed by atoms with Gasteiger partial charge < -0.3 is 10.5 Å². The van der Waals surface area contributed by atoms with E-state index in [1.165, 1.54) is 5.56 Å². The number of carbonyl (C=O) groups excluding carboxylic acids is 1. The van der Waals surface area contributed by atoms with Gasteiger partial charge >= 0.3 is 5.97 Å². The summed E-state index contributed by atoms with van der Waals surface area (Å²) in [7, 11) is 0. The number of benzene rings is 1. The molecule has 0 spiro atoms. The second-order valence-corrected chi connectivity index (χ2v) is 6.24. The van der Waals surface area contributed by atoms with Crippen molar-refractivity contribution >= 4 is 5.97 Å². The Morgan fingerprint density at radius 3 is 2.16 bits per heavy atom. The van der Waals surface area contributed by atoms with Crippen LogP contribution in [0, 0.1) is 0 Å². The van der Waals surface area contributed by atoms with Crippen molar-refractivity contribution in [3.63, 3.8) is 0 Å². The molecule has 0 amide bonds. The van der Waals surface area contributed by atoms with Gasteiger partial charge in [0, 0.05) is 0 Å². The molecule has 0 bridgehead atoms. The highest BCUT2D eigenvalue weighted by Gasteiger charge is 2.22. The van der Waals surface area contributed by atoms with Gasteiger partial charge in [0.05, 0.1) is 0 Å². The first kappa shape index (κ1) is 15.7. The predicted octanol–water partition coefficient (Wildman–Crippen LogP) is 3.02. The Morgan fingerprint density at radius 2 is 1.74 bits per heavy atom. The fourth-order valence-corrected chi connectivity index (χ4v) is 1.75. The molecule has 0 radical (unpaired) electrons. The second-order valence-electron chi connectivity index (χ2n) is 6.24. The maximum Gasteiger partial charge on any atom is 0.323 e. The van der Waals surface area contributed by atoms with E-state index in [9.17, 15) is 4.79 Å². The van der Waals surface area contributed by atoms with Crippen LogP contribution in [0.1, 0.15) is 51.7 Å². The average molecular weight is 263 g/mol. The van der Waals surface area contributed by atoms with Crippen LogP contribution < -0.4 is 5.73 Å². The Morgan fingerprint density at radius 1 is 1.21 bits per heavy atom. The van der Waals surface area contributed by atoms with Crippen molar-refractivity contribution in [2.75, 3.05) is 0 Å². The van der Waals surface area contributed by atoms with E-state index in [0.717, 1.165) is 5.56 Å². The van der Waals surface area contributed by atoms with E-state index in [1.807, 2.05) is 32.9 Å². The third kappa shape index (κ3) is 5.43. The Bertz CT molecular complexity index is 415. The van der Waals surface area contributed by atoms with Gasteiger partial charge in [0.25, 0.3) is 0 Å². The fraction of sp³-hybridized carbons (Fsp3) is 0.562. The molecule has 0 fully saturated rings. The van der Waals surface area contributed by atoms with Crippen molar-refractivity contribution in [1.82, 2.24) is 0 Å². The molecule has 0 saturated carbocycles. The third-order valence-corrected chi connectivity index (χ3v) is 2.81.